The second-order valence-electron chi connectivity index (χ2n) is 5.17. The van der Waals surface area contributed by atoms with Crippen LogP contribution in [-0.2, 0) is 0 Å². The summed E-state index contributed by atoms with van der Waals surface area (Å²) in [5.74, 6) is 0.774. The quantitative estimate of drug-likeness (QED) is 0.917. The van der Waals surface area contributed by atoms with Crippen LogP contribution in [0.1, 0.15) is 30.1 Å². The molecule has 1 aromatic heterocycles. The molecule has 21 heavy (non-hydrogen) atoms. The Morgan fingerprint density at radius 2 is 2.14 bits per heavy atom. The summed E-state index contributed by atoms with van der Waals surface area (Å²) in [4.78, 5) is 16.3. The van der Waals surface area contributed by atoms with Gasteiger partial charge in [0, 0.05) is 24.0 Å². The van der Waals surface area contributed by atoms with Gasteiger partial charge in [-0.3, -0.25) is 9.78 Å². The van der Waals surface area contributed by atoms with Crippen LogP contribution in [0.3, 0.4) is 0 Å². The van der Waals surface area contributed by atoms with E-state index in [1.165, 1.54) is 0 Å². The summed E-state index contributed by atoms with van der Waals surface area (Å²) in [6.45, 7) is 2.59. The number of aromatic nitrogens is 1. The van der Waals surface area contributed by atoms with Gasteiger partial charge in [0.1, 0.15) is 5.75 Å². The van der Waals surface area contributed by atoms with E-state index in [0.717, 1.165) is 29.7 Å². The van der Waals surface area contributed by atoms with E-state index in [1.54, 1.807) is 12.4 Å². The molecule has 1 heterocycles. The minimum absolute atomic E-state index is 0.0483. The summed E-state index contributed by atoms with van der Waals surface area (Å²) >= 11 is 0. The van der Waals surface area contributed by atoms with Gasteiger partial charge < -0.3 is 10.1 Å². The van der Waals surface area contributed by atoms with Crippen molar-refractivity contribution in [1.29, 1.82) is 0 Å². The van der Waals surface area contributed by atoms with Crippen LogP contribution >= 0.6 is 0 Å². The molecule has 0 radical (unpaired) electrons. The van der Waals surface area contributed by atoms with Crippen molar-refractivity contribution in [3.63, 3.8) is 0 Å². The molecule has 4 nitrogen and oxygen atoms in total. The fourth-order valence-electron chi connectivity index (χ4n) is 2.15. The molecule has 0 saturated heterocycles. The van der Waals surface area contributed by atoms with E-state index < -0.39 is 0 Å². The first-order chi connectivity index (χ1) is 10.3. The number of nitrogens with zero attached hydrogens (tertiary/aromatic N) is 1. The van der Waals surface area contributed by atoms with Gasteiger partial charge in [-0.25, -0.2) is 0 Å². The molecule has 0 spiro atoms. The number of carbonyl (C=O) groups is 1. The molecule has 0 bridgehead atoms. The Morgan fingerprint density at radius 1 is 1.29 bits per heavy atom. The normalized spacial score (nSPS) is 13.8. The van der Waals surface area contributed by atoms with Crippen LogP contribution in [-0.4, -0.2) is 23.5 Å². The summed E-state index contributed by atoms with van der Waals surface area (Å²) in [6, 6.07) is 10.0. The van der Waals surface area contributed by atoms with Gasteiger partial charge in [0.25, 0.3) is 5.91 Å². The molecule has 2 aromatic rings. The predicted octanol–water partition coefficient (Wildman–Crippen LogP) is 3.04. The Bertz CT molecular complexity index is 651. The van der Waals surface area contributed by atoms with E-state index in [4.69, 9.17) is 4.74 Å². The number of nitrogens with one attached hydrogen (secondary N) is 1. The molecule has 0 unspecified atom stereocenters. The van der Waals surface area contributed by atoms with Crippen molar-refractivity contribution < 1.29 is 9.53 Å². The number of hydrogen-bond donors (Lipinski definition) is 1. The van der Waals surface area contributed by atoms with Crippen molar-refractivity contribution in [2.75, 3.05) is 6.61 Å². The first-order valence-corrected chi connectivity index (χ1v) is 7.25. The lowest BCUT2D eigenvalue weighted by molar-refractivity contribution is 0.0951. The first kappa shape index (κ1) is 13.6. The molecule has 108 valence electrons. The lowest BCUT2D eigenvalue weighted by Crippen LogP contribution is -2.25. The van der Waals surface area contributed by atoms with Crippen LogP contribution < -0.4 is 10.1 Å². The standard InChI is InChI=1S/C17H18N2O2/c1-2-21-16-5-3-4-12(9-16)13-8-14(11-18-10-13)17(20)19-15-6-7-15/h3-5,8-11,15H,2,6-7H2,1H3,(H,19,20). The zero-order valence-electron chi connectivity index (χ0n) is 12.0. The fraction of sp³-hybridized carbons (Fsp3) is 0.294. The van der Waals surface area contributed by atoms with E-state index in [2.05, 4.69) is 10.3 Å². The summed E-state index contributed by atoms with van der Waals surface area (Å²) in [5, 5.41) is 2.98. The molecule has 1 saturated carbocycles. The zero-order chi connectivity index (χ0) is 14.7. The monoisotopic (exact) mass is 282 g/mol. The van der Waals surface area contributed by atoms with Gasteiger partial charge in [0.15, 0.2) is 0 Å². The van der Waals surface area contributed by atoms with Gasteiger partial charge in [-0.05, 0) is 43.5 Å². The van der Waals surface area contributed by atoms with Crippen molar-refractivity contribution in [1.82, 2.24) is 10.3 Å². The molecule has 3 rings (SSSR count). The Balaban J connectivity index is 1.84. The minimum atomic E-state index is -0.0483. The molecule has 1 amide bonds. The third-order valence-electron chi connectivity index (χ3n) is 3.39. The highest BCUT2D eigenvalue weighted by Gasteiger charge is 2.23. The molecule has 4 heteroatoms. The number of carbonyl (C=O) groups excluding carboxylic acids is 1. The highest BCUT2D eigenvalue weighted by molar-refractivity contribution is 5.95. The lowest BCUT2D eigenvalue weighted by atomic mass is 10.1. The maximum atomic E-state index is 12.1. The van der Waals surface area contributed by atoms with E-state index in [0.29, 0.717) is 18.2 Å². The number of ether oxygens (including phenoxy) is 1. The van der Waals surface area contributed by atoms with Crippen LogP contribution in [0.2, 0.25) is 0 Å². The van der Waals surface area contributed by atoms with E-state index >= 15 is 0 Å². The molecular weight excluding hydrogens is 264 g/mol. The summed E-state index contributed by atoms with van der Waals surface area (Å²) in [7, 11) is 0. The van der Waals surface area contributed by atoms with Gasteiger partial charge in [-0.15, -0.1) is 0 Å². The van der Waals surface area contributed by atoms with Crippen LogP contribution in [0, 0.1) is 0 Å². The summed E-state index contributed by atoms with van der Waals surface area (Å²) in [6.07, 6.45) is 5.52. The molecule has 1 aliphatic carbocycles. The van der Waals surface area contributed by atoms with Gasteiger partial charge in [-0.2, -0.15) is 0 Å². The van der Waals surface area contributed by atoms with Crippen molar-refractivity contribution in [3.8, 4) is 16.9 Å². The van der Waals surface area contributed by atoms with Crippen molar-refractivity contribution in [2.24, 2.45) is 0 Å². The number of benzene rings is 1. The minimum Gasteiger partial charge on any atom is -0.494 e. The number of amides is 1. The molecular formula is C17H18N2O2. The van der Waals surface area contributed by atoms with Crippen molar-refractivity contribution in [2.45, 2.75) is 25.8 Å². The van der Waals surface area contributed by atoms with Crippen LogP contribution in [0.4, 0.5) is 0 Å². The molecule has 1 N–H and O–H groups in total. The first-order valence-electron chi connectivity index (χ1n) is 7.25. The average molecular weight is 282 g/mol. The Morgan fingerprint density at radius 3 is 2.90 bits per heavy atom. The summed E-state index contributed by atoms with van der Waals surface area (Å²) in [5.41, 5.74) is 2.51. The molecule has 0 aliphatic heterocycles. The highest BCUT2D eigenvalue weighted by Crippen LogP contribution is 2.24. The lowest BCUT2D eigenvalue weighted by Gasteiger charge is -2.08. The third kappa shape index (κ3) is 3.40. The van der Waals surface area contributed by atoms with Crippen LogP contribution in [0.5, 0.6) is 5.75 Å². The second kappa shape index (κ2) is 5.95. The number of hydrogen-bond acceptors (Lipinski definition) is 3. The molecule has 0 atom stereocenters. The van der Waals surface area contributed by atoms with Crippen molar-refractivity contribution in [3.05, 3.63) is 48.3 Å². The maximum absolute atomic E-state index is 12.1. The predicted molar refractivity (Wildman–Crippen MR) is 81.3 cm³/mol. The zero-order valence-corrected chi connectivity index (χ0v) is 12.0. The smallest absolute Gasteiger partial charge is 0.253 e. The van der Waals surface area contributed by atoms with Gasteiger partial charge in [0.05, 0.1) is 12.2 Å². The van der Waals surface area contributed by atoms with Gasteiger partial charge >= 0.3 is 0 Å². The number of rotatable bonds is 5. The Hall–Kier alpha value is -2.36. The SMILES string of the molecule is CCOc1cccc(-c2cncc(C(=O)NC3CC3)c2)c1. The van der Waals surface area contributed by atoms with Crippen molar-refractivity contribution >= 4 is 5.91 Å². The van der Waals surface area contributed by atoms with E-state index in [9.17, 15) is 4.79 Å². The molecule has 1 fully saturated rings. The largest absolute Gasteiger partial charge is 0.494 e. The molecule has 1 aromatic carbocycles. The average Bonchev–Trinajstić information content (AvgIpc) is 3.32. The van der Waals surface area contributed by atoms with E-state index in [1.807, 2.05) is 37.3 Å². The van der Waals surface area contributed by atoms with E-state index in [-0.39, 0.29) is 5.91 Å². The fourth-order valence-corrected chi connectivity index (χ4v) is 2.15. The van der Waals surface area contributed by atoms with Gasteiger partial charge in [0.2, 0.25) is 0 Å². The topological polar surface area (TPSA) is 51.2 Å². The van der Waals surface area contributed by atoms with Gasteiger partial charge in [-0.1, -0.05) is 12.1 Å². The van der Waals surface area contributed by atoms with Crippen LogP contribution in [0.25, 0.3) is 11.1 Å². The Labute approximate surface area is 124 Å². The molecule has 1 aliphatic rings. The number of pyridine rings is 1. The Kier molecular flexibility index (Phi) is 3.86. The second-order valence-corrected chi connectivity index (χ2v) is 5.17. The maximum Gasteiger partial charge on any atom is 0.253 e. The highest BCUT2D eigenvalue weighted by atomic mass is 16.5. The van der Waals surface area contributed by atoms with Crippen LogP contribution in [0.15, 0.2) is 42.7 Å². The third-order valence-corrected chi connectivity index (χ3v) is 3.39. The summed E-state index contributed by atoms with van der Waals surface area (Å²) < 4.78 is 5.51.